The first-order valence-corrected chi connectivity index (χ1v) is 6.83. The third-order valence-electron chi connectivity index (χ3n) is 2.83. The molecule has 4 N–H and O–H groups in total. The molecule has 0 aromatic heterocycles. The summed E-state index contributed by atoms with van der Waals surface area (Å²) in [6, 6.07) is 0. The van der Waals surface area contributed by atoms with Gasteiger partial charge in [0.25, 0.3) is 0 Å². The first-order chi connectivity index (χ1) is 8.00. The van der Waals surface area contributed by atoms with Crippen molar-refractivity contribution in [3.8, 4) is 0 Å². The van der Waals surface area contributed by atoms with Crippen molar-refractivity contribution < 1.29 is 16.5 Å². The Balaban J connectivity index is 0.00000256. The van der Waals surface area contributed by atoms with Gasteiger partial charge in [0.05, 0.1) is 0 Å². The van der Waals surface area contributed by atoms with Gasteiger partial charge in [0, 0.05) is 0 Å². The van der Waals surface area contributed by atoms with E-state index in [1.165, 1.54) is 25.7 Å². The number of hydrogen-bond donors (Lipinski definition) is 4. The van der Waals surface area contributed by atoms with Gasteiger partial charge in [-0.05, 0) is 78.0 Å². The Morgan fingerprint density at radius 2 is 0.529 bits per heavy atom. The van der Waals surface area contributed by atoms with Gasteiger partial charge in [-0.25, -0.2) is 0 Å². The van der Waals surface area contributed by atoms with Crippen LogP contribution in [0.1, 0.15) is 25.7 Å². The van der Waals surface area contributed by atoms with Crippen LogP contribution in [0.5, 0.6) is 0 Å². The van der Waals surface area contributed by atoms with E-state index in [0.717, 1.165) is 52.4 Å². The molecule has 1 heterocycles. The van der Waals surface area contributed by atoms with Crippen LogP contribution in [0.4, 0.5) is 0 Å². The quantitative estimate of drug-likeness (QED) is 0.471. The number of nitrogens with one attached hydrogen (secondary N) is 4. The normalized spacial score (nSPS) is 22.6. The Morgan fingerprint density at radius 1 is 0.353 bits per heavy atom. The van der Waals surface area contributed by atoms with Gasteiger partial charge in [-0.1, -0.05) is 0 Å². The molecule has 0 atom stereocenters. The molecule has 0 unspecified atom stereocenters. The summed E-state index contributed by atoms with van der Waals surface area (Å²) in [5, 5.41) is 13.9. The van der Waals surface area contributed by atoms with Crippen molar-refractivity contribution in [2.75, 3.05) is 52.4 Å². The molecule has 1 saturated heterocycles. The summed E-state index contributed by atoms with van der Waals surface area (Å²) < 4.78 is 0. The van der Waals surface area contributed by atoms with Crippen molar-refractivity contribution in [2.24, 2.45) is 0 Å². The van der Waals surface area contributed by atoms with Gasteiger partial charge in [0.2, 0.25) is 0 Å². The Kier molecular flexibility index (Phi) is 14.7. The van der Waals surface area contributed by atoms with Crippen LogP contribution in [0.15, 0.2) is 0 Å². The van der Waals surface area contributed by atoms with E-state index in [1.54, 1.807) is 0 Å². The second kappa shape index (κ2) is 14.4. The monoisotopic (exact) mass is 286 g/mol. The van der Waals surface area contributed by atoms with Crippen molar-refractivity contribution >= 4 is 0 Å². The second-order valence-electron chi connectivity index (χ2n) is 4.41. The maximum atomic E-state index is 3.47. The van der Waals surface area contributed by atoms with Crippen molar-refractivity contribution in [1.29, 1.82) is 0 Å². The van der Waals surface area contributed by atoms with Crippen molar-refractivity contribution in [2.45, 2.75) is 25.7 Å². The standard InChI is InChI=1S/C12H28N4.Ni/c1-5-13-7-2-9-15-11-4-12-16-10-3-8-14-6-1;/h13-16H,1-12H2;/q;+2. The first kappa shape index (κ1) is 17.3. The van der Waals surface area contributed by atoms with Crippen LogP contribution in [-0.2, 0) is 16.5 Å². The van der Waals surface area contributed by atoms with Crippen LogP contribution in [0, 0.1) is 0 Å². The fourth-order valence-corrected chi connectivity index (χ4v) is 1.85. The van der Waals surface area contributed by atoms with Crippen LogP contribution in [0.3, 0.4) is 0 Å². The molecule has 0 aromatic carbocycles. The average molecular weight is 287 g/mol. The third kappa shape index (κ3) is 12.6. The average Bonchev–Trinajstić information content (AvgIpc) is 2.29. The predicted octanol–water partition coefficient (Wildman–Crippen LogP) is -0.0837. The molecule has 1 aliphatic rings. The minimum atomic E-state index is 0. The molecule has 0 aliphatic carbocycles. The zero-order valence-electron chi connectivity index (χ0n) is 10.8. The van der Waals surface area contributed by atoms with Crippen molar-refractivity contribution in [1.82, 2.24) is 21.3 Å². The molecule has 1 rings (SSSR count). The fraction of sp³-hybridized carbons (Fsp3) is 1.00. The van der Waals surface area contributed by atoms with Gasteiger partial charge in [-0.15, -0.1) is 0 Å². The van der Waals surface area contributed by atoms with Crippen LogP contribution in [0.2, 0.25) is 0 Å². The van der Waals surface area contributed by atoms with Crippen LogP contribution < -0.4 is 21.3 Å². The Hall–Kier alpha value is 0.334. The van der Waals surface area contributed by atoms with E-state index in [0.29, 0.717) is 0 Å². The van der Waals surface area contributed by atoms with E-state index in [-0.39, 0.29) is 16.5 Å². The topological polar surface area (TPSA) is 48.1 Å². The molecule has 5 heteroatoms. The minimum Gasteiger partial charge on any atom is -0.317 e. The molecular weight excluding hydrogens is 259 g/mol. The predicted molar refractivity (Wildman–Crippen MR) is 69.9 cm³/mol. The zero-order valence-corrected chi connectivity index (χ0v) is 11.8. The largest absolute Gasteiger partial charge is 2.00 e. The van der Waals surface area contributed by atoms with E-state index < -0.39 is 0 Å². The summed E-state index contributed by atoms with van der Waals surface area (Å²) in [5.41, 5.74) is 0. The molecule has 0 amide bonds. The molecule has 1 aliphatic heterocycles. The van der Waals surface area contributed by atoms with Gasteiger partial charge in [0.1, 0.15) is 0 Å². The van der Waals surface area contributed by atoms with Crippen molar-refractivity contribution in [3.63, 3.8) is 0 Å². The second-order valence-corrected chi connectivity index (χ2v) is 4.41. The molecule has 1 fully saturated rings. The van der Waals surface area contributed by atoms with Crippen LogP contribution in [-0.4, -0.2) is 52.4 Å². The number of hydrogen-bond acceptors (Lipinski definition) is 4. The van der Waals surface area contributed by atoms with Gasteiger partial charge < -0.3 is 21.3 Å². The molecule has 0 radical (unpaired) electrons. The molecule has 0 spiro atoms. The van der Waals surface area contributed by atoms with Gasteiger partial charge in [-0.2, -0.15) is 0 Å². The Morgan fingerprint density at radius 3 is 0.706 bits per heavy atom. The van der Waals surface area contributed by atoms with E-state index in [2.05, 4.69) is 21.3 Å². The summed E-state index contributed by atoms with van der Waals surface area (Å²) in [4.78, 5) is 0. The molecule has 4 nitrogen and oxygen atoms in total. The molecule has 104 valence electrons. The maximum absolute atomic E-state index is 3.47. The van der Waals surface area contributed by atoms with E-state index in [9.17, 15) is 0 Å². The number of rotatable bonds is 0. The third-order valence-corrected chi connectivity index (χ3v) is 2.83. The van der Waals surface area contributed by atoms with Crippen LogP contribution >= 0.6 is 0 Å². The summed E-state index contributed by atoms with van der Waals surface area (Å²) in [7, 11) is 0. The molecule has 0 saturated carbocycles. The summed E-state index contributed by atoms with van der Waals surface area (Å²) in [5.74, 6) is 0. The smallest absolute Gasteiger partial charge is 0.317 e. The van der Waals surface area contributed by atoms with Gasteiger partial charge >= 0.3 is 16.5 Å². The van der Waals surface area contributed by atoms with E-state index in [4.69, 9.17) is 0 Å². The molecular formula is C12H28N4Ni+2. The fourth-order valence-electron chi connectivity index (χ4n) is 1.85. The van der Waals surface area contributed by atoms with Crippen molar-refractivity contribution in [3.05, 3.63) is 0 Å². The summed E-state index contributed by atoms with van der Waals surface area (Å²) in [6.07, 6.45) is 4.95. The Bertz CT molecular complexity index is 82.5. The Labute approximate surface area is 116 Å². The maximum Gasteiger partial charge on any atom is 2.00 e. The van der Waals surface area contributed by atoms with Gasteiger partial charge in [0.15, 0.2) is 0 Å². The molecule has 0 bridgehead atoms. The SMILES string of the molecule is C1CNCCCNCCCNCCCNC1.[Ni+2]. The summed E-state index contributed by atoms with van der Waals surface area (Å²) >= 11 is 0. The summed E-state index contributed by atoms with van der Waals surface area (Å²) in [6.45, 7) is 9.15. The minimum absolute atomic E-state index is 0. The zero-order chi connectivity index (χ0) is 11.3. The first-order valence-electron chi connectivity index (χ1n) is 6.83. The van der Waals surface area contributed by atoms with E-state index >= 15 is 0 Å². The molecule has 17 heavy (non-hydrogen) atoms. The molecule has 0 aromatic rings. The van der Waals surface area contributed by atoms with Crippen LogP contribution in [0.25, 0.3) is 0 Å². The van der Waals surface area contributed by atoms with Gasteiger partial charge in [-0.3, -0.25) is 0 Å². The van der Waals surface area contributed by atoms with E-state index in [1.807, 2.05) is 0 Å².